The number of aromatic nitrogens is 2. The van der Waals surface area contributed by atoms with Gasteiger partial charge in [-0.3, -0.25) is 4.79 Å². The number of alkyl halides is 1. The van der Waals surface area contributed by atoms with Gasteiger partial charge in [-0.05, 0) is 5.92 Å². The van der Waals surface area contributed by atoms with Crippen molar-refractivity contribution in [3.8, 4) is 0 Å². The van der Waals surface area contributed by atoms with Crippen LogP contribution in [0.4, 0.5) is 0 Å². The van der Waals surface area contributed by atoms with Crippen molar-refractivity contribution in [3.05, 3.63) is 18.2 Å². The van der Waals surface area contributed by atoms with E-state index in [1.807, 2.05) is 22.7 Å². The van der Waals surface area contributed by atoms with Crippen LogP contribution in [0.5, 0.6) is 0 Å². The molecule has 0 radical (unpaired) electrons. The third kappa shape index (κ3) is 2.15. The maximum absolute atomic E-state index is 11.6. The third-order valence-corrected chi connectivity index (χ3v) is 3.20. The normalized spacial score (nSPS) is 21.3. The molecule has 5 heteroatoms. The van der Waals surface area contributed by atoms with Gasteiger partial charge < -0.3 is 9.47 Å². The maximum Gasteiger partial charge on any atom is 0.223 e. The summed E-state index contributed by atoms with van der Waals surface area (Å²) in [6.07, 6.45) is 4.21. The molecule has 1 unspecified atom stereocenters. The number of amides is 1. The molecule has 4 nitrogen and oxygen atoms in total. The molecule has 1 saturated heterocycles. The fraction of sp³-hybridized carbons (Fsp3) is 0.600. The number of halogens is 1. The standard InChI is InChI=1S/C10H14ClN3O/c1-13-3-2-12-9(13)7-14-6-8(5-11)4-10(14)15/h2-3,8H,4-7H2,1H3. The van der Waals surface area contributed by atoms with E-state index in [9.17, 15) is 4.79 Å². The number of carbonyl (C=O) groups excluding carboxylic acids is 1. The first-order valence-corrected chi connectivity index (χ1v) is 5.54. The molecule has 2 heterocycles. The molecule has 1 aliphatic heterocycles. The molecule has 1 aromatic heterocycles. The molecule has 15 heavy (non-hydrogen) atoms. The molecule has 0 bridgehead atoms. The van der Waals surface area contributed by atoms with E-state index in [4.69, 9.17) is 11.6 Å². The molecule has 82 valence electrons. The molecular formula is C10H14ClN3O. The first-order valence-electron chi connectivity index (χ1n) is 5.00. The topological polar surface area (TPSA) is 38.1 Å². The number of nitrogens with zero attached hydrogens (tertiary/aromatic N) is 3. The van der Waals surface area contributed by atoms with E-state index < -0.39 is 0 Å². The first-order chi connectivity index (χ1) is 7.20. The summed E-state index contributed by atoms with van der Waals surface area (Å²) in [5, 5.41) is 0. The number of hydrogen-bond donors (Lipinski definition) is 0. The summed E-state index contributed by atoms with van der Waals surface area (Å²) in [6, 6.07) is 0. The van der Waals surface area contributed by atoms with Gasteiger partial charge in [-0.15, -0.1) is 11.6 Å². The van der Waals surface area contributed by atoms with Crippen LogP contribution in [0.15, 0.2) is 12.4 Å². The predicted octanol–water partition coefficient (Wildman–Crippen LogP) is 1.01. The Hall–Kier alpha value is -1.03. The van der Waals surface area contributed by atoms with Crippen molar-refractivity contribution in [3.63, 3.8) is 0 Å². The second kappa shape index (κ2) is 4.23. The SMILES string of the molecule is Cn1ccnc1CN1CC(CCl)CC1=O. The smallest absolute Gasteiger partial charge is 0.223 e. The summed E-state index contributed by atoms with van der Waals surface area (Å²) >= 11 is 5.75. The minimum absolute atomic E-state index is 0.184. The zero-order valence-corrected chi connectivity index (χ0v) is 9.44. The van der Waals surface area contributed by atoms with Gasteiger partial charge in [0.25, 0.3) is 0 Å². The quantitative estimate of drug-likeness (QED) is 0.723. The fourth-order valence-corrected chi connectivity index (χ4v) is 2.04. The second-order valence-electron chi connectivity index (χ2n) is 3.95. The largest absolute Gasteiger partial charge is 0.337 e. The van der Waals surface area contributed by atoms with Gasteiger partial charge >= 0.3 is 0 Å². The number of likely N-dealkylation sites (tertiary alicyclic amines) is 1. The molecule has 1 atom stereocenters. The van der Waals surface area contributed by atoms with Gasteiger partial charge in [0, 0.05) is 38.3 Å². The second-order valence-corrected chi connectivity index (χ2v) is 4.26. The molecule has 0 spiro atoms. The fourth-order valence-electron chi connectivity index (χ4n) is 1.83. The highest BCUT2D eigenvalue weighted by atomic mass is 35.5. The minimum atomic E-state index is 0.184. The Morgan fingerprint density at radius 2 is 2.47 bits per heavy atom. The summed E-state index contributed by atoms with van der Waals surface area (Å²) in [5.74, 6) is 1.96. The molecule has 0 aliphatic carbocycles. The van der Waals surface area contributed by atoms with Crippen molar-refractivity contribution in [1.82, 2.24) is 14.5 Å². The van der Waals surface area contributed by atoms with E-state index in [2.05, 4.69) is 4.98 Å². The van der Waals surface area contributed by atoms with Crippen LogP contribution in [0, 0.1) is 5.92 Å². The number of rotatable bonds is 3. The van der Waals surface area contributed by atoms with Crippen molar-refractivity contribution in [1.29, 1.82) is 0 Å². The Morgan fingerprint density at radius 3 is 3.00 bits per heavy atom. The van der Waals surface area contributed by atoms with E-state index in [-0.39, 0.29) is 5.91 Å². The Bertz CT molecular complexity index is 363. The predicted molar refractivity (Wildman–Crippen MR) is 57.5 cm³/mol. The molecule has 2 rings (SSSR count). The van der Waals surface area contributed by atoms with Gasteiger partial charge in [-0.25, -0.2) is 4.98 Å². The van der Waals surface area contributed by atoms with E-state index in [0.29, 0.717) is 24.8 Å². The highest BCUT2D eigenvalue weighted by Crippen LogP contribution is 2.20. The van der Waals surface area contributed by atoms with E-state index in [0.717, 1.165) is 12.4 Å². The summed E-state index contributed by atoms with van der Waals surface area (Å²) in [5.41, 5.74) is 0. The Morgan fingerprint density at radius 1 is 1.67 bits per heavy atom. The average Bonchev–Trinajstić information content (AvgIpc) is 2.76. The van der Waals surface area contributed by atoms with Gasteiger partial charge in [0.15, 0.2) is 0 Å². The van der Waals surface area contributed by atoms with E-state index in [1.54, 1.807) is 6.20 Å². The Labute approximate surface area is 93.8 Å². The number of imidazole rings is 1. The van der Waals surface area contributed by atoms with Crippen LogP contribution in [-0.4, -0.2) is 32.8 Å². The van der Waals surface area contributed by atoms with Gasteiger partial charge in [-0.2, -0.15) is 0 Å². The van der Waals surface area contributed by atoms with Crippen LogP contribution in [0.1, 0.15) is 12.2 Å². The molecule has 1 fully saturated rings. The Balaban J connectivity index is 2.01. The van der Waals surface area contributed by atoms with Crippen molar-refractivity contribution in [2.75, 3.05) is 12.4 Å². The van der Waals surface area contributed by atoms with Crippen LogP contribution in [0.2, 0.25) is 0 Å². The summed E-state index contributed by atoms with van der Waals surface area (Å²) in [4.78, 5) is 17.6. The van der Waals surface area contributed by atoms with Gasteiger partial charge in [0.05, 0.1) is 6.54 Å². The maximum atomic E-state index is 11.6. The molecule has 0 N–H and O–H groups in total. The van der Waals surface area contributed by atoms with Crippen molar-refractivity contribution in [2.24, 2.45) is 13.0 Å². The molecule has 0 saturated carbocycles. The first kappa shape index (κ1) is 10.5. The number of hydrogen-bond acceptors (Lipinski definition) is 2. The average molecular weight is 228 g/mol. The van der Waals surface area contributed by atoms with Crippen molar-refractivity contribution in [2.45, 2.75) is 13.0 Å². The van der Waals surface area contributed by atoms with Crippen molar-refractivity contribution < 1.29 is 4.79 Å². The lowest BCUT2D eigenvalue weighted by Crippen LogP contribution is -2.26. The lowest BCUT2D eigenvalue weighted by molar-refractivity contribution is -0.128. The molecule has 1 aliphatic rings. The van der Waals surface area contributed by atoms with Gasteiger partial charge in [-0.1, -0.05) is 0 Å². The Kier molecular flexibility index (Phi) is 2.95. The minimum Gasteiger partial charge on any atom is -0.337 e. The van der Waals surface area contributed by atoms with E-state index >= 15 is 0 Å². The third-order valence-electron chi connectivity index (χ3n) is 2.77. The zero-order valence-electron chi connectivity index (χ0n) is 8.69. The van der Waals surface area contributed by atoms with Crippen LogP contribution in [0.3, 0.4) is 0 Å². The number of carbonyl (C=O) groups is 1. The van der Waals surface area contributed by atoms with Crippen LogP contribution < -0.4 is 0 Å². The zero-order chi connectivity index (χ0) is 10.8. The summed E-state index contributed by atoms with van der Waals surface area (Å²) in [7, 11) is 1.93. The monoisotopic (exact) mass is 227 g/mol. The summed E-state index contributed by atoms with van der Waals surface area (Å²) < 4.78 is 1.93. The van der Waals surface area contributed by atoms with Crippen LogP contribution >= 0.6 is 11.6 Å². The van der Waals surface area contributed by atoms with Crippen molar-refractivity contribution >= 4 is 17.5 Å². The lowest BCUT2D eigenvalue weighted by atomic mass is 10.1. The van der Waals surface area contributed by atoms with E-state index in [1.165, 1.54) is 0 Å². The molecular weight excluding hydrogens is 214 g/mol. The van der Waals surface area contributed by atoms with Gasteiger partial charge in [0.1, 0.15) is 5.82 Å². The number of aryl methyl sites for hydroxylation is 1. The molecule has 1 aromatic rings. The van der Waals surface area contributed by atoms with Gasteiger partial charge in [0.2, 0.25) is 5.91 Å². The lowest BCUT2D eigenvalue weighted by Gasteiger charge is -2.15. The van der Waals surface area contributed by atoms with Crippen LogP contribution in [-0.2, 0) is 18.4 Å². The highest BCUT2D eigenvalue weighted by molar-refractivity contribution is 6.18. The molecule has 1 amide bonds. The molecule has 0 aromatic carbocycles. The summed E-state index contributed by atoms with van der Waals surface area (Å²) in [6.45, 7) is 1.35. The highest BCUT2D eigenvalue weighted by Gasteiger charge is 2.29. The van der Waals surface area contributed by atoms with Crippen LogP contribution in [0.25, 0.3) is 0 Å².